The number of halogens is 1. The van der Waals surface area contributed by atoms with Crippen LogP contribution in [0.5, 0.6) is 11.5 Å². The van der Waals surface area contributed by atoms with Gasteiger partial charge in [-0.05, 0) is 92.1 Å². The van der Waals surface area contributed by atoms with E-state index in [1.165, 1.54) is 6.42 Å². The summed E-state index contributed by atoms with van der Waals surface area (Å²) in [5, 5.41) is -0.0267. The van der Waals surface area contributed by atoms with E-state index in [9.17, 15) is 9.59 Å². The largest absolute Gasteiger partial charge is 0.493 e. The molecule has 8 heteroatoms. The van der Waals surface area contributed by atoms with Gasteiger partial charge in [-0.25, -0.2) is 4.79 Å². The molecule has 0 heterocycles. The van der Waals surface area contributed by atoms with Crippen molar-refractivity contribution >= 4 is 42.7 Å². The number of alkyl halides is 1. The standard InChI is InChI=1S/C35H55IO6Si/c1-12-20-41-34(38)28(5)33(42-43(10,11)35(6,7)8)27(4)22-25(2)17-16-18-30(37)29-24-31(39-9)32(23-26(29)3)40-21-15-13-14-19-36/h12,17,23-24,27,33H,1,5,13-16,18-22H2,2-4,6-11H3/b25-17-/t27-,33-/m0/s1. The lowest BCUT2D eigenvalue weighted by Gasteiger charge is -2.41. The highest BCUT2D eigenvalue weighted by Gasteiger charge is 2.41. The van der Waals surface area contributed by atoms with Gasteiger partial charge < -0.3 is 18.6 Å². The summed E-state index contributed by atoms with van der Waals surface area (Å²) in [5.74, 6) is 0.869. The Kier molecular flexibility index (Phi) is 17.1. The van der Waals surface area contributed by atoms with E-state index in [1.807, 2.05) is 13.0 Å². The van der Waals surface area contributed by atoms with Gasteiger partial charge in [0.15, 0.2) is 25.6 Å². The van der Waals surface area contributed by atoms with Crippen LogP contribution in [0.2, 0.25) is 18.1 Å². The van der Waals surface area contributed by atoms with Gasteiger partial charge >= 0.3 is 5.97 Å². The fourth-order valence-corrected chi connectivity index (χ4v) is 6.34. The maximum Gasteiger partial charge on any atom is 0.336 e. The molecule has 43 heavy (non-hydrogen) atoms. The molecular formula is C35H55IO6Si. The van der Waals surface area contributed by atoms with Crippen molar-refractivity contribution in [3.8, 4) is 11.5 Å². The van der Waals surface area contributed by atoms with Crippen LogP contribution in [0.1, 0.15) is 89.1 Å². The Morgan fingerprint density at radius 3 is 2.37 bits per heavy atom. The molecule has 0 bridgehead atoms. The molecule has 1 aromatic carbocycles. The van der Waals surface area contributed by atoms with E-state index >= 15 is 0 Å². The highest BCUT2D eigenvalue weighted by Crippen LogP contribution is 2.40. The summed E-state index contributed by atoms with van der Waals surface area (Å²) in [6.07, 6.45) is 8.20. The summed E-state index contributed by atoms with van der Waals surface area (Å²) in [5.41, 5.74) is 3.01. The first-order chi connectivity index (χ1) is 20.1. The molecule has 2 atom stereocenters. The van der Waals surface area contributed by atoms with E-state index in [-0.39, 0.29) is 23.3 Å². The van der Waals surface area contributed by atoms with Gasteiger partial charge in [0, 0.05) is 12.0 Å². The van der Waals surface area contributed by atoms with Crippen LogP contribution in [0.3, 0.4) is 0 Å². The molecule has 0 saturated carbocycles. The van der Waals surface area contributed by atoms with Gasteiger partial charge in [0.25, 0.3) is 0 Å². The van der Waals surface area contributed by atoms with Crippen molar-refractivity contribution in [2.24, 2.45) is 5.92 Å². The van der Waals surface area contributed by atoms with E-state index in [2.05, 4.69) is 89.5 Å². The number of rotatable bonds is 20. The lowest BCUT2D eigenvalue weighted by molar-refractivity contribution is -0.139. The molecule has 0 spiro atoms. The molecule has 0 aromatic heterocycles. The van der Waals surface area contributed by atoms with Gasteiger partial charge in [-0.15, -0.1) is 0 Å². The number of esters is 1. The Balaban J connectivity index is 2.94. The number of allylic oxidation sites excluding steroid dienone is 2. The van der Waals surface area contributed by atoms with E-state index in [0.717, 1.165) is 28.4 Å². The zero-order valence-electron chi connectivity index (χ0n) is 28.1. The molecule has 242 valence electrons. The van der Waals surface area contributed by atoms with E-state index in [0.29, 0.717) is 48.5 Å². The maximum atomic E-state index is 13.2. The topological polar surface area (TPSA) is 71.1 Å². The van der Waals surface area contributed by atoms with Crippen molar-refractivity contribution in [2.45, 2.75) is 104 Å². The molecule has 6 nitrogen and oxygen atoms in total. The van der Waals surface area contributed by atoms with Gasteiger partial charge in [0.05, 0.1) is 25.4 Å². The second-order valence-electron chi connectivity index (χ2n) is 12.8. The number of ketones is 1. The lowest BCUT2D eigenvalue weighted by atomic mass is 9.91. The predicted molar refractivity (Wildman–Crippen MR) is 189 cm³/mol. The summed E-state index contributed by atoms with van der Waals surface area (Å²) in [7, 11) is -0.600. The molecule has 0 radical (unpaired) electrons. The molecule has 0 unspecified atom stereocenters. The number of unbranched alkanes of at least 4 members (excludes halogenated alkanes) is 2. The van der Waals surface area contributed by atoms with Crippen LogP contribution < -0.4 is 9.47 Å². The van der Waals surface area contributed by atoms with Gasteiger partial charge in [-0.1, -0.05) is 81.2 Å². The van der Waals surface area contributed by atoms with Crippen molar-refractivity contribution < 1.29 is 28.2 Å². The normalized spacial score (nSPS) is 13.7. The number of aryl methyl sites for hydroxylation is 1. The van der Waals surface area contributed by atoms with Crippen molar-refractivity contribution in [1.29, 1.82) is 0 Å². The van der Waals surface area contributed by atoms with Crippen LogP contribution >= 0.6 is 22.6 Å². The average Bonchev–Trinajstić information content (AvgIpc) is 2.93. The van der Waals surface area contributed by atoms with Crippen LogP contribution in [0.15, 0.2) is 48.6 Å². The zero-order chi connectivity index (χ0) is 32.8. The average molecular weight is 727 g/mol. The second-order valence-corrected chi connectivity index (χ2v) is 18.7. The zero-order valence-corrected chi connectivity index (χ0v) is 31.2. The van der Waals surface area contributed by atoms with Crippen molar-refractivity contribution in [2.75, 3.05) is 24.8 Å². The van der Waals surface area contributed by atoms with E-state index in [1.54, 1.807) is 19.3 Å². The highest BCUT2D eigenvalue weighted by atomic mass is 127. The molecule has 0 amide bonds. The number of Topliss-reactive ketones (excluding diaryl/α,β-unsaturated/α-hetero) is 1. The number of hydrogen-bond acceptors (Lipinski definition) is 6. The summed E-state index contributed by atoms with van der Waals surface area (Å²) in [6, 6.07) is 3.71. The van der Waals surface area contributed by atoms with Gasteiger partial charge in [0.2, 0.25) is 0 Å². The Hall–Kier alpha value is -1.91. The Bertz CT molecular complexity index is 1120. The quantitative estimate of drug-likeness (QED) is 0.0195. The minimum Gasteiger partial charge on any atom is -0.493 e. The number of hydrogen-bond donors (Lipinski definition) is 0. The minimum atomic E-state index is -2.20. The highest BCUT2D eigenvalue weighted by molar-refractivity contribution is 14.1. The lowest BCUT2D eigenvalue weighted by Crippen LogP contribution is -2.46. The van der Waals surface area contributed by atoms with Crippen LogP contribution in [-0.2, 0) is 14.0 Å². The van der Waals surface area contributed by atoms with E-state index in [4.69, 9.17) is 18.6 Å². The van der Waals surface area contributed by atoms with Crippen molar-refractivity contribution in [3.63, 3.8) is 0 Å². The molecule has 0 aliphatic rings. The second kappa shape index (κ2) is 18.8. The predicted octanol–water partition coefficient (Wildman–Crippen LogP) is 9.60. The molecule has 1 rings (SSSR count). The fraction of sp³-hybridized carbons (Fsp3) is 0.600. The molecule has 0 saturated heterocycles. The monoisotopic (exact) mass is 726 g/mol. The summed E-state index contributed by atoms with van der Waals surface area (Å²) >= 11 is 2.39. The third kappa shape index (κ3) is 12.9. The number of benzene rings is 1. The Morgan fingerprint density at radius 1 is 1.12 bits per heavy atom. The first kappa shape index (κ1) is 39.1. The molecular weight excluding hydrogens is 671 g/mol. The van der Waals surface area contributed by atoms with Crippen LogP contribution in [0.4, 0.5) is 0 Å². The molecule has 0 aliphatic heterocycles. The third-order valence-corrected chi connectivity index (χ3v) is 13.3. The van der Waals surface area contributed by atoms with Crippen LogP contribution in [0, 0.1) is 12.8 Å². The summed E-state index contributed by atoms with van der Waals surface area (Å²) in [4.78, 5) is 25.9. The third-order valence-electron chi connectivity index (χ3n) is 8.04. The Morgan fingerprint density at radius 2 is 1.79 bits per heavy atom. The van der Waals surface area contributed by atoms with Crippen LogP contribution in [0.25, 0.3) is 0 Å². The van der Waals surface area contributed by atoms with E-state index < -0.39 is 20.4 Å². The van der Waals surface area contributed by atoms with Gasteiger partial charge in [-0.2, -0.15) is 0 Å². The van der Waals surface area contributed by atoms with Gasteiger partial charge in [-0.3, -0.25) is 4.79 Å². The molecule has 0 N–H and O–H groups in total. The van der Waals surface area contributed by atoms with Gasteiger partial charge in [0.1, 0.15) is 6.61 Å². The molecule has 0 fully saturated rings. The first-order valence-electron chi connectivity index (χ1n) is 15.3. The summed E-state index contributed by atoms with van der Waals surface area (Å²) < 4.78 is 24.7. The maximum absolute atomic E-state index is 13.2. The number of methoxy groups -OCH3 is 1. The number of carbonyl (C=O) groups is 2. The Labute approximate surface area is 275 Å². The van der Waals surface area contributed by atoms with Crippen molar-refractivity contribution in [3.05, 3.63) is 59.7 Å². The smallest absolute Gasteiger partial charge is 0.336 e. The first-order valence-corrected chi connectivity index (χ1v) is 19.7. The fourth-order valence-electron chi connectivity index (χ4n) is 4.44. The van der Waals surface area contributed by atoms with Crippen molar-refractivity contribution in [1.82, 2.24) is 0 Å². The molecule has 0 aliphatic carbocycles. The number of carbonyl (C=O) groups excluding carboxylic acids is 2. The summed E-state index contributed by atoms with van der Waals surface area (Å²) in [6.45, 7) is 25.4. The molecule has 1 aromatic rings. The SMILES string of the molecule is C=CCOC(=O)C(=C)[C@@H](O[Si](C)(C)C(C)(C)C)[C@@H](C)C/C(C)=C\CCC(=O)c1cc(OC)c(OCCCCCI)cc1C. The number of ether oxygens (including phenoxy) is 3. The minimum absolute atomic E-state index is 0.00881. The van der Waals surface area contributed by atoms with Crippen LogP contribution in [-0.4, -0.2) is 50.9 Å².